The number of amides is 2. The van der Waals surface area contributed by atoms with Crippen LogP contribution in [-0.4, -0.2) is 31.3 Å². The number of carbonyl (C=O) groups is 2. The summed E-state index contributed by atoms with van der Waals surface area (Å²) in [6.45, 7) is 7.63. The lowest BCUT2D eigenvalue weighted by atomic mass is 10.3. The van der Waals surface area contributed by atoms with Crippen molar-refractivity contribution < 1.29 is 9.59 Å². The number of hydrogen-bond donors (Lipinski definition) is 0. The topological polar surface area (TPSA) is 37.4 Å². The van der Waals surface area contributed by atoms with Crippen LogP contribution in [0, 0.1) is 0 Å². The van der Waals surface area contributed by atoms with Gasteiger partial charge < -0.3 is 0 Å². The molecule has 0 aromatic heterocycles. The minimum atomic E-state index is -0.970. The summed E-state index contributed by atoms with van der Waals surface area (Å²) in [7, 11) is -0.970. The monoisotopic (exact) mass is 253 g/mol. The molecule has 0 aliphatic carbocycles. The molecule has 0 aromatic carbocycles. The molecule has 2 amide bonds. The summed E-state index contributed by atoms with van der Waals surface area (Å²) in [6, 6.07) is 1.20. The van der Waals surface area contributed by atoms with Crippen LogP contribution in [0.25, 0.3) is 0 Å². The number of nitrogens with zero attached hydrogens (tertiary/aromatic N) is 1. The van der Waals surface area contributed by atoms with Crippen LogP contribution in [0.3, 0.4) is 0 Å². The van der Waals surface area contributed by atoms with Crippen LogP contribution >= 0.6 is 0 Å². The van der Waals surface area contributed by atoms with E-state index in [1.807, 2.05) is 0 Å². The summed E-state index contributed by atoms with van der Waals surface area (Å²) in [5.41, 5.74) is 0. The Bertz CT molecular complexity index is 302. The summed E-state index contributed by atoms with van der Waals surface area (Å²) in [4.78, 5) is 24.1. The third kappa shape index (κ3) is 5.30. The van der Waals surface area contributed by atoms with E-state index >= 15 is 0 Å². The van der Waals surface area contributed by atoms with Crippen LogP contribution in [0.15, 0.2) is 12.2 Å². The molecule has 3 nitrogen and oxygen atoms in total. The van der Waals surface area contributed by atoms with Gasteiger partial charge in [-0.25, -0.2) is 0 Å². The fraction of sp³-hybridized carbons (Fsp3) is 0.692. The van der Waals surface area contributed by atoms with E-state index in [-0.39, 0.29) is 11.8 Å². The third-order valence-corrected chi connectivity index (χ3v) is 4.26. The molecule has 0 aromatic rings. The van der Waals surface area contributed by atoms with Crippen molar-refractivity contribution in [2.75, 3.05) is 6.54 Å². The predicted octanol–water partition coefficient (Wildman–Crippen LogP) is 2.81. The molecular formula is C13H23NO2Si. The maximum Gasteiger partial charge on any atom is 0.229 e. The fourth-order valence-corrected chi connectivity index (χ4v) is 2.67. The van der Waals surface area contributed by atoms with Crippen LogP contribution in [-0.2, 0) is 9.59 Å². The van der Waals surface area contributed by atoms with Crippen LogP contribution < -0.4 is 0 Å². The molecule has 1 saturated heterocycles. The Morgan fingerprint density at radius 2 is 1.71 bits per heavy atom. The number of hydrogen-bond acceptors (Lipinski definition) is 2. The van der Waals surface area contributed by atoms with Gasteiger partial charge in [0.1, 0.15) is 0 Å². The molecule has 4 heteroatoms. The number of allylic oxidation sites excluding steroid dienone is 2. The van der Waals surface area contributed by atoms with E-state index in [1.54, 1.807) is 0 Å². The number of unbranched alkanes of at least 4 members (excludes halogenated alkanes) is 1. The SMILES string of the molecule is C[Si](C)(C)C/C=C/CCCN1C(=O)CCC1=O. The van der Waals surface area contributed by atoms with Gasteiger partial charge in [-0.3, -0.25) is 14.5 Å². The Balaban J connectivity index is 2.16. The Hall–Kier alpha value is -0.903. The van der Waals surface area contributed by atoms with Crippen LogP contribution in [0.1, 0.15) is 25.7 Å². The van der Waals surface area contributed by atoms with E-state index in [0.717, 1.165) is 12.8 Å². The highest BCUT2D eigenvalue weighted by molar-refractivity contribution is 6.76. The molecule has 0 atom stereocenters. The minimum absolute atomic E-state index is 0.000999. The van der Waals surface area contributed by atoms with Crippen molar-refractivity contribution in [2.45, 2.75) is 51.4 Å². The predicted molar refractivity (Wildman–Crippen MR) is 72.5 cm³/mol. The van der Waals surface area contributed by atoms with E-state index in [0.29, 0.717) is 19.4 Å². The summed E-state index contributed by atoms with van der Waals surface area (Å²) >= 11 is 0. The normalized spacial score (nSPS) is 17.5. The Labute approximate surface area is 105 Å². The lowest BCUT2D eigenvalue weighted by Crippen LogP contribution is -2.29. The average molecular weight is 253 g/mol. The van der Waals surface area contributed by atoms with Crippen molar-refractivity contribution >= 4 is 19.9 Å². The van der Waals surface area contributed by atoms with E-state index in [2.05, 4.69) is 31.8 Å². The standard InChI is InChI=1S/C13H23NO2Si/c1-17(2,3)11-7-5-4-6-10-14-12(15)8-9-13(14)16/h5,7H,4,6,8-11H2,1-3H3/b7-5+. The highest BCUT2D eigenvalue weighted by Crippen LogP contribution is 2.13. The quantitative estimate of drug-likeness (QED) is 0.316. The van der Waals surface area contributed by atoms with Gasteiger partial charge in [-0.2, -0.15) is 0 Å². The molecule has 0 bridgehead atoms. The lowest BCUT2D eigenvalue weighted by Gasteiger charge is -2.13. The van der Waals surface area contributed by atoms with E-state index in [4.69, 9.17) is 0 Å². The van der Waals surface area contributed by atoms with Crippen molar-refractivity contribution in [3.8, 4) is 0 Å². The molecule has 17 heavy (non-hydrogen) atoms. The van der Waals surface area contributed by atoms with Crippen molar-refractivity contribution in [3.63, 3.8) is 0 Å². The third-order valence-electron chi connectivity index (χ3n) is 2.80. The zero-order valence-electron chi connectivity index (χ0n) is 11.2. The largest absolute Gasteiger partial charge is 0.283 e. The fourth-order valence-electron chi connectivity index (χ4n) is 1.79. The van der Waals surface area contributed by atoms with Gasteiger partial charge in [-0.05, 0) is 18.9 Å². The second-order valence-electron chi connectivity index (χ2n) is 5.82. The molecule has 0 radical (unpaired) electrons. The second-order valence-corrected chi connectivity index (χ2v) is 11.3. The molecular weight excluding hydrogens is 230 g/mol. The van der Waals surface area contributed by atoms with Crippen molar-refractivity contribution in [1.29, 1.82) is 0 Å². The maximum absolute atomic E-state index is 11.3. The van der Waals surface area contributed by atoms with Gasteiger partial charge in [0.05, 0.1) is 0 Å². The summed E-state index contributed by atoms with van der Waals surface area (Å²) in [5, 5.41) is 0. The lowest BCUT2D eigenvalue weighted by molar-refractivity contribution is -0.138. The number of imide groups is 1. The number of carbonyl (C=O) groups excluding carboxylic acids is 2. The van der Waals surface area contributed by atoms with Gasteiger partial charge >= 0.3 is 0 Å². The molecule has 1 aliphatic rings. The van der Waals surface area contributed by atoms with Crippen LogP contribution in [0.2, 0.25) is 25.7 Å². The average Bonchev–Trinajstić information content (AvgIpc) is 2.52. The maximum atomic E-state index is 11.3. The van der Waals surface area contributed by atoms with E-state index < -0.39 is 8.07 Å². The zero-order chi connectivity index (χ0) is 12.9. The smallest absolute Gasteiger partial charge is 0.229 e. The zero-order valence-corrected chi connectivity index (χ0v) is 12.2. The first kappa shape index (κ1) is 14.2. The van der Waals surface area contributed by atoms with Gasteiger partial charge in [-0.15, -0.1) is 0 Å². The first-order valence-corrected chi connectivity index (χ1v) is 10.1. The van der Waals surface area contributed by atoms with Gasteiger partial charge in [0.15, 0.2) is 0 Å². The molecule has 0 saturated carbocycles. The van der Waals surface area contributed by atoms with Gasteiger partial charge in [0, 0.05) is 27.5 Å². The molecule has 1 heterocycles. The van der Waals surface area contributed by atoms with Crippen molar-refractivity contribution in [3.05, 3.63) is 12.2 Å². The molecule has 96 valence electrons. The van der Waals surface area contributed by atoms with Gasteiger partial charge in [-0.1, -0.05) is 31.8 Å². The molecule has 0 N–H and O–H groups in total. The van der Waals surface area contributed by atoms with E-state index in [1.165, 1.54) is 10.9 Å². The van der Waals surface area contributed by atoms with Crippen LogP contribution in [0.4, 0.5) is 0 Å². The van der Waals surface area contributed by atoms with Crippen molar-refractivity contribution in [1.82, 2.24) is 4.90 Å². The number of likely N-dealkylation sites (tertiary alicyclic amines) is 1. The van der Waals surface area contributed by atoms with E-state index in [9.17, 15) is 9.59 Å². The second kappa shape index (κ2) is 6.14. The molecule has 1 rings (SSSR count). The summed E-state index contributed by atoms with van der Waals surface area (Å²) < 4.78 is 0. The van der Waals surface area contributed by atoms with Crippen molar-refractivity contribution in [2.24, 2.45) is 0 Å². The Morgan fingerprint density at radius 3 is 2.24 bits per heavy atom. The summed E-state index contributed by atoms with van der Waals surface area (Å²) in [5.74, 6) is 0.00200. The highest BCUT2D eigenvalue weighted by atomic mass is 28.3. The Morgan fingerprint density at radius 1 is 1.12 bits per heavy atom. The first-order chi connectivity index (χ1) is 7.90. The Kier molecular flexibility index (Phi) is 5.12. The molecule has 1 fully saturated rings. The molecule has 0 unspecified atom stereocenters. The first-order valence-electron chi connectivity index (χ1n) is 6.38. The van der Waals surface area contributed by atoms with Gasteiger partial charge in [0.2, 0.25) is 11.8 Å². The number of rotatable bonds is 6. The highest BCUT2D eigenvalue weighted by Gasteiger charge is 2.27. The van der Waals surface area contributed by atoms with Crippen LogP contribution in [0.5, 0.6) is 0 Å². The molecule has 1 aliphatic heterocycles. The summed E-state index contributed by atoms with van der Waals surface area (Å²) in [6.07, 6.45) is 7.10. The minimum Gasteiger partial charge on any atom is -0.283 e. The molecule has 0 spiro atoms. The van der Waals surface area contributed by atoms with Gasteiger partial charge in [0.25, 0.3) is 0 Å².